The smallest absolute Gasteiger partial charge is 0.133 e. The van der Waals surface area contributed by atoms with Gasteiger partial charge < -0.3 is 0 Å². The van der Waals surface area contributed by atoms with Crippen LogP contribution in [0.1, 0.15) is 53.9 Å². The lowest BCUT2D eigenvalue weighted by Crippen LogP contribution is -2.35. The topological polar surface area (TPSA) is 17.1 Å². The summed E-state index contributed by atoms with van der Waals surface area (Å²) in [5, 5.41) is 0. The summed E-state index contributed by atoms with van der Waals surface area (Å²) in [6, 6.07) is 0. The summed E-state index contributed by atoms with van der Waals surface area (Å²) in [5.41, 5.74) is 2.32. The zero-order valence-electron chi connectivity index (χ0n) is 12.4. The van der Waals surface area contributed by atoms with E-state index in [-0.39, 0.29) is 0 Å². The number of hydrogen-bond acceptors (Lipinski definition) is 1. The fourth-order valence-corrected chi connectivity index (χ4v) is 5.96. The molecule has 1 unspecified atom stereocenters. The first-order valence-electron chi connectivity index (χ1n) is 7.48. The minimum absolute atomic E-state index is 0.304. The van der Waals surface area contributed by atoms with Gasteiger partial charge in [0.1, 0.15) is 5.78 Å². The summed E-state index contributed by atoms with van der Waals surface area (Å²) >= 11 is 0. The summed E-state index contributed by atoms with van der Waals surface area (Å²) in [7, 11) is 0. The van der Waals surface area contributed by atoms with E-state index in [2.05, 4.69) is 33.8 Å². The zero-order valence-corrected chi connectivity index (χ0v) is 12.4. The maximum absolute atomic E-state index is 12.1. The van der Waals surface area contributed by atoms with Crippen LogP contribution < -0.4 is 0 Å². The molecular formula is C17H26O. The quantitative estimate of drug-likeness (QED) is 0.633. The molecular weight excluding hydrogens is 220 g/mol. The van der Waals surface area contributed by atoms with E-state index in [1.54, 1.807) is 5.57 Å². The van der Waals surface area contributed by atoms with Crippen LogP contribution in [0.15, 0.2) is 11.6 Å². The second kappa shape index (κ2) is 3.49. The van der Waals surface area contributed by atoms with Crippen LogP contribution in [0.25, 0.3) is 0 Å². The summed E-state index contributed by atoms with van der Waals surface area (Å²) in [6.07, 6.45) is 6.16. The third kappa shape index (κ3) is 1.26. The summed E-state index contributed by atoms with van der Waals surface area (Å²) in [5.74, 6) is 2.78. The van der Waals surface area contributed by atoms with Gasteiger partial charge in [0.2, 0.25) is 0 Å². The molecule has 1 spiro atoms. The number of hydrogen-bond donors (Lipinski definition) is 0. The van der Waals surface area contributed by atoms with Gasteiger partial charge in [0.15, 0.2) is 0 Å². The molecule has 2 saturated carbocycles. The molecule has 18 heavy (non-hydrogen) atoms. The number of carbonyl (C=O) groups excluding carboxylic acids is 1. The Bertz CT molecular complexity index is 431. The number of allylic oxidation sites excluding steroid dienone is 2. The number of carbonyl (C=O) groups is 1. The van der Waals surface area contributed by atoms with Crippen molar-refractivity contribution in [2.45, 2.75) is 53.9 Å². The van der Waals surface area contributed by atoms with Gasteiger partial charge in [-0.1, -0.05) is 32.4 Å². The van der Waals surface area contributed by atoms with Crippen LogP contribution in [0.3, 0.4) is 0 Å². The molecule has 0 aromatic rings. The summed E-state index contributed by atoms with van der Waals surface area (Å²) < 4.78 is 0. The van der Waals surface area contributed by atoms with Crippen LogP contribution in [-0.2, 0) is 4.79 Å². The second-order valence-electron chi connectivity index (χ2n) is 7.80. The van der Waals surface area contributed by atoms with Crippen LogP contribution in [0.2, 0.25) is 0 Å². The highest BCUT2D eigenvalue weighted by molar-refractivity contribution is 5.79. The maximum atomic E-state index is 12.1. The van der Waals surface area contributed by atoms with Gasteiger partial charge in [-0.25, -0.2) is 0 Å². The summed E-state index contributed by atoms with van der Waals surface area (Å²) in [4.78, 5) is 12.1. The monoisotopic (exact) mass is 246 g/mol. The van der Waals surface area contributed by atoms with Crippen molar-refractivity contribution in [2.75, 3.05) is 0 Å². The van der Waals surface area contributed by atoms with Crippen LogP contribution in [0, 0.1) is 34.5 Å². The number of Topliss-reactive ketones (excluding diaryl/α,β-unsaturated/α-hetero) is 1. The van der Waals surface area contributed by atoms with Crippen molar-refractivity contribution in [1.82, 2.24) is 0 Å². The molecule has 1 nitrogen and oxygen atoms in total. The van der Waals surface area contributed by atoms with Crippen LogP contribution >= 0.6 is 0 Å². The van der Waals surface area contributed by atoms with Gasteiger partial charge in [0, 0.05) is 5.92 Å². The van der Waals surface area contributed by atoms with Crippen molar-refractivity contribution in [3.05, 3.63) is 11.6 Å². The van der Waals surface area contributed by atoms with Crippen molar-refractivity contribution < 1.29 is 4.79 Å². The first kappa shape index (κ1) is 12.4. The second-order valence-corrected chi connectivity index (χ2v) is 7.80. The SMILES string of the molecule is CC(=O)C1C[C@@H](C)[C@@]23CC=C(C)[C@@H](C2)C(C)(C)[C@H]13. The van der Waals surface area contributed by atoms with E-state index >= 15 is 0 Å². The fourth-order valence-electron chi connectivity index (χ4n) is 5.96. The van der Waals surface area contributed by atoms with Crippen molar-refractivity contribution >= 4 is 5.78 Å². The molecule has 3 aliphatic carbocycles. The van der Waals surface area contributed by atoms with Gasteiger partial charge in [0.05, 0.1) is 0 Å². The molecule has 0 radical (unpaired) electrons. The van der Waals surface area contributed by atoms with E-state index in [0.717, 1.165) is 6.42 Å². The van der Waals surface area contributed by atoms with Gasteiger partial charge in [-0.3, -0.25) is 4.79 Å². The molecule has 0 N–H and O–H groups in total. The Hall–Kier alpha value is -0.590. The first-order chi connectivity index (χ1) is 8.30. The minimum Gasteiger partial charge on any atom is -0.300 e. The molecule has 0 amide bonds. The Kier molecular flexibility index (Phi) is 2.41. The lowest BCUT2D eigenvalue weighted by atomic mass is 9.65. The molecule has 0 aromatic carbocycles. The van der Waals surface area contributed by atoms with E-state index in [4.69, 9.17) is 0 Å². The molecule has 0 heterocycles. The molecule has 2 fully saturated rings. The molecule has 3 rings (SSSR count). The standard InChI is InChI=1S/C17H26O/c1-10-6-7-17-9-14(10)16(4,5)15(17)13(12(3)18)8-11(17)2/h6,11,13-15H,7-9H2,1-5H3/t11-,13?,14-,15+,17-/m1/s1. The predicted molar refractivity (Wildman–Crippen MR) is 74.1 cm³/mol. The normalized spacial score (nSPS) is 48.8. The van der Waals surface area contributed by atoms with Gasteiger partial charge in [-0.2, -0.15) is 0 Å². The van der Waals surface area contributed by atoms with E-state index in [0.29, 0.717) is 40.3 Å². The highest BCUT2D eigenvalue weighted by Crippen LogP contribution is 2.72. The van der Waals surface area contributed by atoms with Gasteiger partial charge in [-0.05, 0) is 61.7 Å². The van der Waals surface area contributed by atoms with Crippen molar-refractivity contribution in [2.24, 2.45) is 34.5 Å². The van der Waals surface area contributed by atoms with Gasteiger partial charge >= 0.3 is 0 Å². The van der Waals surface area contributed by atoms with E-state index in [9.17, 15) is 4.79 Å². The lowest BCUT2D eigenvalue weighted by Gasteiger charge is -2.38. The van der Waals surface area contributed by atoms with Crippen molar-refractivity contribution in [1.29, 1.82) is 0 Å². The molecule has 0 aliphatic heterocycles. The van der Waals surface area contributed by atoms with Crippen molar-refractivity contribution in [3.63, 3.8) is 0 Å². The molecule has 5 atom stereocenters. The molecule has 0 saturated heterocycles. The molecule has 0 aromatic heterocycles. The Balaban J connectivity index is 2.12. The zero-order chi connectivity index (χ0) is 13.3. The maximum Gasteiger partial charge on any atom is 0.133 e. The molecule has 2 bridgehead atoms. The average Bonchev–Trinajstić information content (AvgIpc) is 2.66. The van der Waals surface area contributed by atoms with Crippen LogP contribution in [-0.4, -0.2) is 5.78 Å². The first-order valence-corrected chi connectivity index (χ1v) is 7.48. The number of ketones is 1. The van der Waals surface area contributed by atoms with Gasteiger partial charge in [0.25, 0.3) is 0 Å². The van der Waals surface area contributed by atoms with Crippen LogP contribution in [0.5, 0.6) is 0 Å². The van der Waals surface area contributed by atoms with Gasteiger partial charge in [-0.15, -0.1) is 0 Å². The highest BCUT2D eigenvalue weighted by Gasteiger charge is 2.66. The fraction of sp³-hybridized carbons (Fsp3) is 0.824. The third-order valence-electron chi connectivity index (χ3n) is 6.77. The largest absolute Gasteiger partial charge is 0.300 e. The minimum atomic E-state index is 0.304. The average molecular weight is 246 g/mol. The van der Waals surface area contributed by atoms with E-state index in [1.807, 2.05) is 6.92 Å². The lowest BCUT2D eigenvalue weighted by molar-refractivity contribution is -0.123. The van der Waals surface area contributed by atoms with Crippen LogP contribution in [0.4, 0.5) is 0 Å². The van der Waals surface area contributed by atoms with E-state index < -0.39 is 0 Å². The summed E-state index contributed by atoms with van der Waals surface area (Å²) in [6.45, 7) is 11.3. The molecule has 100 valence electrons. The van der Waals surface area contributed by atoms with Crippen molar-refractivity contribution in [3.8, 4) is 0 Å². The Morgan fingerprint density at radius 2 is 2.06 bits per heavy atom. The molecule has 1 heteroatoms. The molecule has 3 aliphatic rings. The Labute approximate surface area is 111 Å². The Morgan fingerprint density at radius 3 is 2.67 bits per heavy atom. The Morgan fingerprint density at radius 1 is 1.39 bits per heavy atom. The number of rotatable bonds is 1. The predicted octanol–water partition coefficient (Wildman–Crippen LogP) is 4.23. The van der Waals surface area contributed by atoms with E-state index in [1.165, 1.54) is 12.8 Å². The highest BCUT2D eigenvalue weighted by atomic mass is 16.1. The third-order valence-corrected chi connectivity index (χ3v) is 6.77. The number of fused-ring (bicyclic) bond motifs is 1.